The van der Waals surface area contributed by atoms with Gasteiger partial charge in [0.2, 0.25) is 0 Å². The van der Waals surface area contributed by atoms with E-state index in [0.29, 0.717) is 12.2 Å². The van der Waals surface area contributed by atoms with E-state index in [1.165, 1.54) is 19.3 Å². The number of halogens is 1. The summed E-state index contributed by atoms with van der Waals surface area (Å²) in [7, 11) is 1.65. The third kappa shape index (κ3) is 3.38. The van der Waals surface area contributed by atoms with Crippen molar-refractivity contribution in [2.75, 3.05) is 7.11 Å². The van der Waals surface area contributed by atoms with Crippen LogP contribution < -0.4 is 4.74 Å². The lowest BCUT2D eigenvalue weighted by Crippen LogP contribution is -2.31. The summed E-state index contributed by atoms with van der Waals surface area (Å²) in [4.78, 5) is 12.6. The lowest BCUT2D eigenvalue weighted by atomic mass is 9.71. The molecule has 0 atom stereocenters. The van der Waals surface area contributed by atoms with Gasteiger partial charge in [0.1, 0.15) is 11.5 Å². The normalized spacial score (nSPS) is 18.1. The molecule has 2 rings (SSSR count). The molecule has 1 saturated carbocycles. The van der Waals surface area contributed by atoms with Crippen LogP contribution in [0.25, 0.3) is 0 Å². The van der Waals surface area contributed by atoms with E-state index < -0.39 is 0 Å². The lowest BCUT2D eigenvalue weighted by molar-refractivity contribution is -0.128. The van der Waals surface area contributed by atoms with Crippen LogP contribution in [0.5, 0.6) is 5.75 Å². The molecule has 19 heavy (non-hydrogen) atoms. The van der Waals surface area contributed by atoms with Gasteiger partial charge in [-0.3, -0.25) is 4.79 Å². The molecule has 0 aliphatic heterocycles. The fourth-order valence-corrected chi connectivity index (χ4v) is 3.20. The summed E-state index contributed by atoms with van der Waals surface area (Å²) < 4.78 is 6.22. The Labute approximate surface area is 123 Å². The van der Waals surface area contributed by atoms with E-state index >= 15 is 0 Å². The third-order valence-corrected chi connectivity index (χ3v) is 5.01. The minimum atomic E-state index is -0.124. The number of ether oxygens (including phenoxy) is 1. The van der Waals surface area contributed by atoms with Gasteiger partial charge in [-0.1, -0.05) is 42.1 Å². The molecule has 0 saturated heterocycles. The van der Waals surface area contributed by atoms with E-state index in [-0.39, 0.29) is 5.41 Å². The van der Waals surface area contributed by atoms with E-state index in [1.54, 1.807) is 7.11 Å². The highest BCUT2D eigenvalue weighted by atomic mass is 79.9. The number of Topliss-reactive ketones (excluding diaryl/α,β-unsaturated/α-hetero) is 1. The smallest absolute Gasteiger partial charge is 0.143 e. The standard InChI is InChI=1S/C16H21BrO2/c1-16(8-4-3-5-9-16)15(18)11-12-10-13(19-2)6-7-14(12)17/h6-7,10H,3-5,8-9,11H2,1-2H3. The highest BCUT2D eigenvalue weighted by Gasteiger charge is 2.34. The van der Waals surface area contributed by atoms with Crippen molar-refractivity contribution < 1.29 is 9.53 Å². The van der Waals surface area contributed by atoms with Crippen LogP contribution in [0.1, 0.15) is 44.6 Å². The van der Waals surface area contributed by atoms with Crippen LogP contribution in [0, 0.1) is 5.41 Å². The fraction of sp³-hybridized carbons (Fsp3) is 0.562. The average Bonchev–Trinajstić information content (AvgIpc) is 2.42. The molecule has 0 heterocycles. The molecule has 0 amide bonds. The molecule has 0 bridgehead atoms. The zero-order valence-corrected chi connectivity index (χ0v) is 13.3. The topological polar surface area (TPSA) is 26.3 Å². The minimum Gasteiger partial charge on any atom is -0.497 e. The van der Waals surface area contributed by atoms with Crippen molar-refractivity contribution in [3.8, 4) is 5.75 Å². The molecule has 1 aliphatic carbocycles. The summed E-state index contributed by atoms with van der Waals surface area (Å²) in [5.74, 6) is 1.17. The number of benzene rings is 1. The maximum atomic E-state index is 12.6. The molecule has 2 nitrogen and oxygen atoms in total. The number of ketones is 1. The van der Waals surface area contributed by atoms with Gasteiger partial charge < -0.3 is 4.74 Å². The molecular formula is C16H21BrO2. The van der Waals surface area contributed by atoms with E-state index in [2.05, 4.69) is 22.9 Å². The number of carbonyl (C=O) groups excluding carboxylic acids is 1. The van der Waals surface area contributed by atoms with E-state index in [1.807, 2.05) is 18.2 Å². The van der Waals surface area contributed by atoms with Crippen LogP contribution in [-0.4, -0.2) is 12.9 Å². The molecule has 0 spiro atoms. The van der Waals surface area contributed by atoms with Gasteiger partial charge in [-0.15, -0.1) is 0 Å². The van der Waals surface area contributed by atoms with Crippen LogP contribution in [0.3, 0.4) is 0 Å². The maximum Gasteiger partial charge on any atom is 0.143 e. The van der Waals surface area contributed by atoms with Crippen LogP contribution in [0.2, 0.25) is 0 Å². The Morgan fingerprint density at radius 2 is 2.00 bits per heavy atom. The van der Waals surface area contributed by atoms with Gasteiger partial charge in [0.25, 0.3) is 0 Å². The Morgan fingerprint density at radius 1 is 1.32 bits per heavy atom. The first-order valence-electron chi connectivity index (χ1n) is 6.91. The summed E-state index contributed by atoms with van der Waals surface area (Å²) in [5, 5.41) is 0. The summed E-state index contributed by atoms with van der Waals surface area (Å²) >= 11 is 3.52. The molecule has 0 aromatic heterocycles. The summed E-state index contributed by atoms with van der Waals surface area (Å²) in [6.07, 6.45) is 6.20. The Kier molecular flexibility index (Phi) is 4.67. The van der Waals surface area contributed by atoms with Gasteiger partial charge in [0, 0.05) is 16.3 Å². The fourth-order valence-electron chi connectivity index (χ4n) is 2.81. The van der Waals surface area contributed by atoms with Gasteiger partial charge in [-0.25, -0.2) is 0 Å². The van der Waals surface area contributed by atoms with Gasteiger partial charge in [0.15, 0.2) is 0 Å². The van der Waals surface area contributed by atoms with E-state index in [9.17, 15) is 4.79 Å². The number of hydrogen-bond acceptors (Lipinski definition) is 2. The Morgan fingerprint density at radius 3 is 2.63 bits per heavy atom. The Hall–Kier alpha value is -0.830. The van der Waals surface area contributed by atoms with Crippen molar-refractivity contribution in [2.24, 2.45) is 5.41 Å². The number of rotatable bonds is 4. The van der Waals surface area contributed by atoms with Crippen molar-refractivity contribution in [3.05, 3.63) is 28.2 Å². The number of hydrogen-bond donors (Lipinski definition) is 0. The molecule has 0 unspecified atom stereocenters. The molecule has 0 radical (unpaired) electrons. The number of carbonyl (C=O) groups is 1. The van der Waals surface area contributed by atoms with E-state index in [4.69, 9.17) is 4.74 Å². The van der Waals surface area contributed by atoms with Crippen molar-refractivity contribution in [1.29, 1.82) is 0 Å². The predicted octanol–water partition coefficient (Wildman–Crippen LogP) is 4.54. The maximum absolute atomic E-state index is 12.6. The summed E-state index contributed by atoms with van der Waals surface area (Å²) in [6, 6.07) is 5.80. The first-order chi connectivity index (χ1) is 9.05. The van der Waals surface area contributed by atoms with Crippen LogP contribution >= 0.6 is 15.9 Å². The van der Waals surface area contributed by atoms with Crippen molar-refractivity contribution >= 4 is 21.7 Å². The van der Waals surface area contributed by atoms with Crippen molar-refractivity contribution in [2.45, 2.75) is 45.4 Å². The Bertz CT molecular complexity index is 462. The SMILES string of the molecule is COc1ccc(Br)c(CC(=O)C2(C)CCCCC2)c1. The molecule has 1 aromatic rings. The van der Waals surface area contributed by atoms with Crippen molar-refractivity contribution in [1.82, 2.24) is 0 Å². The van der Waals surface area contributed by atoms with Gasteiger partial charge in [0.05, 0.1) is 7.11 Å². The van der Waals surface area contributed by atoms with Gasteiger partial charge in [-0.2, -0.15) is 0 Å². The molecule has 0 N–H and O–H groups in total. The second kappa shape index (κ2) is 6.08. The molecule has 104 valence electrons. The first kappa shape index (κ1) is 14.6. The zero-order valence-electron chi connectivity index (χ0n) is 11.7. The lowest BCUT2D eigenvalue weighted by Gasteiger charge is -2.32. The van der Waals surface area contributed by atoms with Gasteiger partial charge in [-0.05, 0) is 36.6 Å². The molecule has 1 fully saturated rings. The zero-order chi connectivity index (χ0) is 13.9. The predicted molar refractivity (Wildman–Crippen MR) is 80.6 cm³/mol. The van der Waals surface area contributed by atoms with Crippen LogP contribution in [0.4, 0.5) is 0 Å². The highest BCUT2D eigenvalue weighted by Crippen LogP contribution is 2.38. The molecule has 3 heteroatoms. The van der Waals surface area contributed by atoms with Crippen LogP contribution in [-0.2, 0) is 11.2 Å². The summed E-state index contributed by atoms with van der Waals surface area (Å²) in [6.45, 7) is 2.13. The second-order valence-corrected chi connectivity index (χ2v) is 6.53. The van der Waals surface area contributed by atoms with Crippen molar-refractivity contribution in [3.63, 3.8) is 0 Å². The Balaban J connectivity index is 2.14. The molecule has 1 aliphatic rings. The summed E-state index contributed by atoms with van der Waals surface area (Å²) in [5.41, 5.74) is 0.900. The quantitative estimate of drug-likeness (QED) is 0.812. The minimum absolute atomic E-state index is 0.124. The molecule has 1 aromatic carbocycles. The van der Waals surface area contributed by atoms with Crippen LogP contribution in [0.15, 0.2) is 22.7 Å². The average molecular weight is 325 g/mol. The largest absolute Gasteiger partial charge is 0.497 e. The first-order valence-corrected chi connectivity index (χ1v) is 7.70. The third-order valence-electron chi connectivity index (χ3n) is 4.23. The second-order valence-electron chi connectivity index (χ2n) is 5.68. The molecular weight excluding hydrogens is 304 g/mol. The van der Waals surface area contributed by atoms with E-state index in [0.717, 1.165) is 28.6 Å². The monoisotopic (exact) mass is 324 g/mol. The van der Waals surface area contributed by atoms with Gasteiger partial charge >= 0.3 is 0 Å². The highest BCUT2D eigenvalue weighted by molar-refractivity contribution is 9.10. The number of methoxy groups -OCH3 is 1.